The Balaban J connectivity index is 1.73. The van der Waals surface area contributed by atoms with Crippen LogP contribution in [-0.2, 0) is 4.79 Å². The van der Waals surface area contributed by atoms with Crippen LogP contribution in [-0.4, -0.2) is 15.5 Å². The normalized spacial score (nSPS) is 12.4. The number of anilines is 1. The third-order valence-electron chi connectivity index (χ3n) is 4.51. The number of nitrogens with one attached hydrogen (secondary N) is 1. The van der Waals surface area contributed by atoms with Crippen LogP contribution in [0.4, 0.5) is 5.69 Å². The van der Waals surface area contributed by atoms with Crippen molar-refractivity contribution in [3.8, 4) is 0 Å². The predicted octanol–water partition coefficient (Wildman–Crippen LogP) is 3.65. The van der Waals surface area contributed by atoms with E-state index in [1.165, 1.54) is 10.9 Å². The fraction of sp³-hybridized carbons (Fsp3) is 0.150. The van der Waals surface area contributed by atoms with Gasteiger partial charge in [-0.15, -0.1) is 0 Å². The van der Waals surface area contributed by atoms with Crippen LogP contribution in [0.1, 0.15) is 18.5 Å². The number of aryl methyl sites for hydroxylation is 1. The minimum Gasteiger partial charge on any atom is -0.448 e. The maximum atomic E-state index is 12.8. The molecule has 0 spiro atoms. The second-order valence-electron chi connectivity index (χ2n) is 6.21. The Kier molecular flexibility index (Phi) is 3.80. The van der Waals surface area contributed by atoms with E-state index < -0.39 is 6.04 Å². The molecule has 1 N–H and O–H groups in total. The Labute approximate surface area is 149 Å². The molecule has 4 aromatic rings. The third-order valence-corrected chi connectivity index (χ3v) is 4.51. The molecular weight excluding hydrogens is 330 g/mol. The summed E-state index contributed by atoms with van der Waals surface area (Å²) in [5.74, 6) is -0.293. The topological polar surface area (TPSA) is 77.1 Å². The van der Waals surface area contributed by atoms with Gasteiger partial charge in [0.05, 0.1) is 6.33 Å². The number of amides is 1. The average molecular weight is 347 g/mol. The molecule has 0 unspecified atom stereocenters. The zero-order valence-electron chi connectivity index (χ0n) is 14.4. The van der Waals surface area contributed by atoms with Crippen molar-refractivity contribution in [3.63, 3.8) is 0 Å². The number of furan rings is 1. The van der Waals surface area contributed by atoms with Crippen LogP contribution in [0, 0.1) is 6.92 Å². The summed E-state index contributed by atoms with van der Waals surface area (Å²) < 4.78 is 6.95. The van der Waals surface area contributed by atoms with Gasteiger partial charge in [-0.1, -0.05) is 30.3 Å². The third kappa shape index (κ3) is 2.56. The highest BCUT2D eigenvalue weighted by Gasteiger charge is 2.20. The monoisotopic (exact) mass is 347 g/mol. The number of nitrogens with zero attached hydrogens (tertiary/aromatic N) is 2. The summed E-state index contributed by atoms with van der Waals surface area (Å²) >= 11 is 0. The Morgan fingerprint density at radius 2 is 1.88 bits per heavy atom. The Morgan fingerprint density at radius 1 is 1.15 bits per heavy atom. The standard InChI is InChI=1S/C20H17N3O3/c1-12-7-3-5-9-15(12)22-19(24)13(2)23-11-21-17-14-8-4-6-10-16(14)26-18(17)20(23)25/h3-11,13H,1-2H3,(H,22,24)/t13-/m0/s1. The lowest BCUT2D eigenvalue weighted by atomic mass is 10.2. The van der Waals surface area contributed by atoms with Gasteiger partial charge in [0, 0.05) is 11.1 Å². The molecule has 0 radical (unpaired) electrons. The number of carbonyl (C=O) groups excluding carboxylic acids is 1. The number of rotatable bonds is 3. The van der Waals surface area contributed by atoms with E-state index in [0.29, 0.717) is 11.1 Å². The van der Waals surface area contributed by atoms with Gasteiger partial charge >= 0.3 is 0 Å². The van der Waals surface area contributed by atoms with Gasteiger partial charge in [-0.25, -0.2) is 4.98 Å². The lowest BCUT2D eigenvalue weighted by molar-refractivity contribution is -0.118. The number of fused-ring (bicyclic) bond motifs is 3. The maximum Gasteiger partial charge on any atom is 0.297 e. The summed E-state index contributed by atoms with van der Waals surface area (Å²) in [5.41, 5.74) is 2.56. The lowest BCUT2D eigenvalue weighted by Crippen LogP contribution is -2.31. The van der Waals surface area contributed by atoms with E-state index in [1.54, 1.807) is 13.0 Å². The van der Waals surface area contributed by atoms with Crippen molar-refractivity contribution in [2.45, 2.75) is 19.9 Å². The summed E-state index contributed by atoms with van der Waals surface area (Å²) in [6.07, 6.45) is 1.40. The molecule has 130 valence electrons. The molecule has 6 nitrogen and oxygen atoms in total. The highest BCUT2D eigenvalue weighted by Crippen LogP contribution is 2.24. The van der Waals surface area contributed by atoms with Crippen LogP contribution in [0.2, 0.25) is 0 Å². The van der Waals surface area contributed by atoms with Gasteiger partial charge in [-0.2, -0.15) is 0 Å². The van der Waals surface area contributed by atoms with Gasteiger partial charge in [-0.3, -0.25) is 14.2 Å². The zero-order valence-corrected chi connectivity index (χ0v) is 14.4. The molecule has 4 rings (SSSR count). The fourth-order valence-electron chi connectivity index (χ4n) is 2.95. The van der Waals surface area contributed by atoms with Crippen LogP contribution >= 0.6 is 0 Å². The first kappa shape index (κ1) is 16.1. The van der Waals surface area contributed by atoms with Crippen LogP contribution in [0.5, 0.6) is 0 Å². The molecule has 1 amide bonds. The Bertz CT molecular complexity index is 1190. The molecule has 26 heavy (non-hydrogen) atoms. The first-order valence-corrected chi connectivity index (χ1v) is 8.31. The van der Waals surface area contributed by atoms with Gasteiger partial charge in [0.2, 0.25) is 11.5 Å². The van der Waals surface area contributed by atoms with E-state index in [4.69, 9.17) is 4.42 Å². The van der Waals surface area contributed by atoms with E-state index in [0.717, 1.165) is 16.6 Å². The van der Waals surface area contributed by atoms with Crippen LogP contribution in [0.3, 0.4) is 0 Å². The molecule has 0 aliphatic carbocycles. The predicted molar refractivity (Wildman–Crippen MR) is 100 cm³/mol. The summed E-state index contributed by atoms with van der Waals surface area (Å²) in [5, 5.41) is 3.63. The highest BCUT2D eigenvalue weighted by atomic mass is 16.3. The largest absolute Gasteiger partial charge is 0.448 e. The van der Waals surface area contributed by atoms with Crippen molar-refractivity contribution in [1.82, 2.24) is 9.55 Å². The van der Waals surface area contributed by atoms with Gasteiger partial charge in [0.15, 0.2) is 0 Å². The Hall–Kier alpha value is -3.41. The second kappa shape index (κ2) is 6.15. The van der Waals surface area contributed by atoms with Crippen LogP contribution in [0.25, 0.3) is 22.1 Å². The Morgan fingerprint density at radius 3 is 2.69 bits per heavy atom. The second-order valence-corrected chi connectivity index (χ2v) is 6.21. The molecule has 0 aliphatic rings. The summed E-state index contributed by atoms with van der Waals surface area (Å²) in [4.78, 5) is 29.8. The molecular formula is C20H17N3O3. The molecule has 2 aromatic heterocycles. The van der Waals surface area contributed by atoms with E-state index in [1.807, 2.05) is 49.4 Å². The van der Waals surface area contributed by atoms with Crippen molar-refractivity contribution in [2.75, 3.05) is 5.32 Å². The molecule has 2 heterocycles. The number of carbonyl (C=O) groups is 1. The summed E-state index contributed by atoms with van der Waals surface area (Å²) in [6.45, 7) is 3.57. The van der Waals surface area contributed by atoms with E-state index in [9.17, 15) is 9.59 Å². The minimum absolute atomic E-state index is 0.157. The van der Waals surface area contributed by atoms with Crippen molar-refractivity contribution < 1.29 is 9.21 Å². The first-order valence-electron chi connectivity index (χ1n) is 8.31. The van der Waals surface area contributed by atoms with Gasteiger partial charge < -0.3 is 9.73 Å². The molecule has 0 aliphatic heterocycles. The van der Waals surface area contributed by atoms with E-state index >= 15 is 0 Å². The number of aromatic nitrogens is 2. The van der Waals surface area contributed by atoms with Gasteiger partial charge in [0.1, 0.15) is 17.1 Å². The fourth-order valence-corrected chi connectivity index (χ4v) is 2.95. The van der Waals surface area contributed by atoms with Crippen molar-refractivity contribution in [2.24, 2.45) is 0 Å². The van der Waals surface area contributed by atoms with Crippen LogP contribution in [0.15, 0.2) is 64.1 Å². The number of hydrogen-bond acceptors (Lipinski definition) is 4. The quantitative estimate of drug-likeness (QED) is 0.614. The molecule has 2 aromatic carbocycles. The molecule has 6 heteroatoms. The minimum atomic E-state index is -0.729. The molecule has 0 saturated heterocycles. The van der Waals surface area contributed by atoms with Gasteiger partial charge in [-0.05, 0) is 37.6 Å². The summed E-state index contributed by atoms with van der Waals surface area (Å²) in [7, 11) is 0. The molecule has 0 saturated carbocycles. The molecule has 1 atom stereocenters. The smallest absolute Gasteiger partial charge is 0.297 e. The van der Waals surface area contributed by atoms with Gasteiger partial charge in [0.25, 0.3) is 5.56 Å². The van der Waals surface area contributed by atoms with Crippen molar-refractivity contribution in [3.05, 3.63) is 70.8 Å². The van der Waals surface area contributed by atoms with Crippen LogP contribution < -0.4 is 10.9 Å². The van der Waals surface area contributed by atoms with E-state index in [-0.39, 0.29) is 17.0 Å². The first-order chi connectivity index (χ1) is 12.6. The number of hydrogen-bond donors (Lipinski definition) is 1. The maximum absolute atomic E-state index is 12.8. The average Bonchev–Trinajstić information content (AvgIpc) is 3.03. The van der Waals surface area contributed by atoms with Crippen molar-refractivity contribution in [1.29, 1.82) is 0 Å². The molecule has 0 fully saturated rings. The summed E-state index contributed by atoms with van der Waals surface area (Å²) in [6, 6.07) is 14.1. The number of para-hydroxylation sites is 2. The molecule has 0 bridgehead atoms. The number of benzene rings is 2. The van der Waals surface area contributed by atoms with E-state index in [2.05, 4.69) is 10.3 Å². The zero-order chi connectivity index (χ0) is 18.3. The van der Waals surface area contributed by atoms with Crippen molar-refractivity contribution >= 4 is 33.7 Å². The lowest BCUT2D eigenvalue weighted by Gasteiger charge is -2.15. The highest BCUT2D eigenvalue weighted by molar-refractivity contribution is 6.02. The SMILES string of the molecule is Cc1ccccc1NC(=O)[C@H](C)n1cnc2c(oc3ccccc32)c1=O.